The summed E-state index contributed by atoms with van der Waals surface area (Å²) < 4.78 is 14.0. The molecule has 38 heavy (non-hydrogen) atoms. The van der Waals surface area contributed by atoms with Crippen molar-refractivity contribution in [3.8, 4) is 11.6 Å². The Bertz CT molecular complexity index is 1510. The van der Waals surface area contributed by atoms with E-state index in [4.69, 9.17) is 9.26 Å². The molecule has 0 radical (unpaired) electrons. The highest BCUT2D eigenvalue weighted by molar-refractivity contribution is 7.09. The van der Waals surface area contributed by atoms with Gasteiger partial charge in [-0.15, -0.1) is 0 Å². The number of amides is 2. The van der Waals surface area contributed by atoms with Crippen LogP contribution in [0.25, 0.3) is 16.7 Å². The van der Waals surface area contributed by atoms with Gasteiger partial charge in [0.1, 0.15) is 30.1 Å². The molecular formula is C25H26N7O5P. The lowest BCUT2D eigenvalue weighted by molar-refractivity contribution is -0.127. The Morgan fingerprint density at radius 3 is 2.37 bits per heavy atom. The number of piperazine rings is 1. The van der Waals surface area contributed by atoms with Gasteiger partial charge in [0, 0.05) is 47.4 Å². The van der Waals surface area contributed by atoms with Gasteiger partial charge in [-0.25, -0.2) is 14.6 Å². The number of hydrogen-bond acceptors (Lipinski definition) is 8. The molecule has 1 aromatic carbocycles. The Labute approximate surface area is 220 Å². The Morgan fingerprint density at radius 2 is 1.74 bits per heavy atom. The quantitative estimate of drug-likeness (QED) is 0.200. The van der Waals surface area contributed by atoms with Crippen LogP contribution in [0.5, 0.6) is 5.75 Å². The summed E-state index contributed by atoms with van der Waals surface area (Å²) in [7, 11) is 3.64. The minimum Gasteiger partial charge on any atom is -0.494 e. The number of carbonyl (C=O) groups excluding carboxylic acids is 3. The molecule has 12 nitrogen and oxygen atoms in total. The van der Waals surface area contributed by atoms with E-state index in [1.807, 2.05) is 18.2 Å². The number of hydrogen-bond donors (Lipinski definition) is 0. The fraction of sp³-hybridized carbons (Fsp3) is 0.280. The second-order valence-electron chi connectivity index (χ2n) is 8.70. The highest BCUT2D eigenvalue weighted by Crippen LogP contribution is 2.34. The molecule has 2 amide bonds. The van der Waals surface area contributed by atoms with Gasteiger partial charge in [-0.1, -0.05) is 18.2 Å². The van der Waals surface area contributed by atoms with E-state index < -0.39 is 11.7 Å². The maximum atomic E-state index is 13.6. The molecule has 1 aliphatic heterocycles. The Balaban J connectivity index is 1.44. The molecule has 3 aromatic heterocycles. The number of carbonyl (C=O) groups is 3. The number of fused-ring (bicyclic) bond motifs is 1. The van der Waals surface area contributed by atoms with E-state index in [0.717, 1.165) is 0 Å². The minimum atomic E-state index is -0.689. The number of ether oxygens (including phenoxy) is 1. The number of Topliss-reactive ketones (excluding diaryl/α,β-unsaturated/α-hetero) is 1. The van der Waals surface area contributed by atoms with Gasteiger partial charge in [0.05, 0.1) is 24.3 Å². The van der Waals surface area contributed by atoms with Crippen LogP contribution in [0.1, 0.15) is 26.5 Å². The highest BCUT2D eigenvalue weighted by Gasteiger charge is 2.32. The zero-order valence-electron chi connectivity index (χ0n) is 20.9. The van der Waals surface area contributed by atoms with Crippen molar-refractivity contribution in [2.75, 3.05) is 33.3 Å². The van der Waals surface area contributed by atoms with Gasteiger partial charge in [0.25, 0.3) is 17.6 Å². The van der Waals surface area contributed by atoms with Crippen LogP contribution in [0.4, 0.5) is 0 Å². The molecule has 1 fully saturated rings. The van der Waals surface area contributed by atoms with Crippen molar-refractivity contribution in [3.63, 3.8) is 0 Å². The van der Waals surface area contributed by atoms with Gasteiger partial charge in [-0.2, -0.15) is 5.10 Å². The number of aromatic nitrogens is 5. The van der Waals surface area contributed by atoms with Crippen LogP contribution in [0.2, 0.25) is 0 Å². The van der Waals surface area contributed by atoms with E-state index in [-0.39, 0.29) is 31.3 Å². The summed E-state index contributed by atoms with van der Waals surface area (Å²) in [5, 5.41) is 4.76. The van der Waals surface area contributed by atoms with Crippen molar-refractivity contribution in [2.45, 2.75) is 13.7 Å². The lowest BCUT2D eigenvalue weighted by Gasteiger charge is -2.34. The maximum absolute atomic E-state index is 13.6. The molecule has 4 heterocycles. The molecule has 1 unspecified atom stereocenters. The molecule has 0 saturated carbocycles. The monoisotopic (exact) mass is 535 g/mol. The summed E-state index contributed by atoms with van der Waals surface area (Å²) >= 11 is 0. The van der Waals surface area contributed by atoms with E-state index in [9.17, 15) is 14.4 Å². The van der Waals surface area contributed by atoms with Crippen molar-refractivity contribution in [2.24, 2.45) is 0 Å². The molecule has 0 aliphatic carbocycles. The first-order valence-electron chi connectivity index (χ1n) is 11.9. The third kappa shape index (κ3) is 4.64. The lowest BCUT2D eigenvalue weighted by atomic mass is 10.1. The summed E-state index contributed by atoms with van der Waals surface area (Å²) in [6, 6.07) is 8.99. The van der Waals surface area contributed by atoms with Gasteiger partial charge in [0.15, 0.2) is 5.82 Å². The van der Waals surface area contributed by atoms with E-state index in [1.165, 1.54) is 29.2 Å². The van der Waals surface area contributed by atoms with Crippen LogP contribution in [0, 0.1) is 6.92 Å². The number of aryl methyl sites for hydroxylation is 1. The van der Waals surface area contributed by atoms with Crippen LogP contribution < -0.4 is 4.74 Å². The first-order valence-corrected chi connectivity index (χ1v) is 12.3. The molecule has 5 rings (SSSR count). The van der Waals surface area contributed by atoms with Gasteiger partial charge in [-0.05, 0) is 19.1 Å². The second-order valence-corrected chi connectivity index (χ2v) is 9.03. The number of benzene rings is 1. The number of rotatable bonds is 7. The zero-order chi connectivity index (χ0) is 26.8. The molecule has 1 atom stereocenters. The smallest absolute Gasteiger partial charge is 0.295 e. The highest BCUT2D eigenvalue weighted by atomic mass is 31.0. The third-order valence-electron chi connectivity index (χ3n) is 6.41. The average molecular weight is 536 g/mol. The van der Waals surface area contributed by atoms with Crippen molar-refractivity contribution in [3.05, 3.63) is 66.0 Å². The molecule has 1 saturated heterocycles. The van der Waals surface area contributed by atoms with Crippen LogP contribution in [0.15, 0.2) is 49.1 Å². The minimum absolute atomic E-state index is 0.0679. The molecule has 1 aliphatic rings. The Hall–Kier alpha value is -4.15. The van der Waals surface area contributed by atoms with Crippen molar-refractivity contribution >= 4 is 38.0 Å². The molecule has 13 heteroatoms. The van der Waals surface area contributed by atoms with E-state index in [0.29, 0.717) is 46.9 Å². The van der Waals surface area contributed by atoms with Crippen LogP contribution in [-0.2, 0) is 16.0 Å². The first kappa shape index (κ1) is 25.5. The summed E-state index contributed by atoms with van der Waals surface area (Å²) in [5.74, 6) is -0.157. The summed E-state index contributed by atoms with van der Waals surface area (Å²) in [6.45, 7) is 2.98. The average Bonchev–Trinajstić information content (AvgIpc) is 3.56. The maximum Gasteiger partial charge on any atom is 0.295 e. The SMILES string of the molecule is COc1cnc(-n2cnc(C)n2)c2c1c(C(=O)C(=O)N1CCN(C(=O)c3ccccc3)CC1)cn2COP. The molecule has 0 bridgehead atoms. The normalized spacial score (nSPS) is 13.7. The fourth-order valence-electron chi connectivity index (χ4n) is 4.55. The van der Waals surface area contributed by atoms with E-state index in [1.54, 1.807) is 34.7 Å². The van der Waals surface area contributed by atoms with Gasteiger partial charge in [-0.3, -0.25) is 14.4 Å². The third-order valence-corrected chi connectivity index (χ3v) is 6.56. The number of nitrogens with zero attached hydrogens (tertiary/aromatic N) is 7. The van der Waals surface area contributed by atoms with Crippen LogP contribution in [-0.4, -0.2) is 85.0 Å². The van der Waals surface area contributed by atoms with E-state index in [2.05, 4.69) is 24.5 Å². The van der Waals surface area contributed by atoms with Gasteiger partial charge >= 0.3 is 0 Å². The fourth-order valence-corrected chi connectivity index (χ4v) is 4.71. The lowest BCUT2D eigenvalue weighted by Crippen LogP contribution is -2.52. The Kier molecular flexibility index (Phi) is 7.17. The summed E-state index contributed by atoms with van der Waals surface area (Å²) in [6.07, 6.45) is 4.56. The second kappa shape index (κ2) is 10.7. The van der Waals surface area contributed by atoms with Crippen molar-refractivity contribution in [1.82, 2.24) is 34.1 Å². The number of pyridine rings is 1. The molecule has 4 aromatic rings. The van der Waals surface area contributed by atoms with Crippen LogP contribution >= 0.6 is 9.47 Å². The predicted octanol–water partition coefficient (Wildman–Crippen LogP) is 1.87. The van der Waals surface area contributed by atoms with Crippen LogP contribution in [0.3, 0.4) is 0 Å². The molecule has 0 N–H and O–H groups in total. The van der Waals surface area contributed by atoms with Crippen molar-refractivity contribution < 1.29 is 23.6 Å². The van der Waals surface area contributed by atoms with E-state index >= 15 is 0 Å². The zero-order valence-corrected chi connectivity index (χ0v) is 22.1. The summed E-state index contributed by atoms with van der Waals surface area (Å²) in [5.41, 5.74) is 1.25. The van der Waals surface area contributed by atoms with Crippen molar-refractivity contribution in [1.29, 1.82) is 0 Å². The van der Waals surface area contributed by atoms with Gasteiger partial charge < -0.3 is 23.6 Å². The summed E-state index contributed by atoms with van der Waals surface area (Å²) in [4.78, 5) is 51.5. The van der Waals surface area contributed by atoms with Gasteiger partial charge in [0.2, 0.25) is 0 Å². The predicted molar refractivity (Wildman–Crippen MR) is 140 cm³/mol. The first-order chi connectivity index (χ1) is 18.4. The number of methoxy groups -OCH3 is 1. The standard InChI is InChI=1S/C25H26N7O5P/c1-16-27-14-32(28-16)23-21-20(19(36-2)12-26-23)18(13-31(21)15-37-38)22(33)25(35)30-10-8-29(9-11-30)24(34)17-6-4-3-5-7-17/h3-7,12-14H,8-11,15,38H2,1-2H3. The number of ketones is 1. The largest absolute Gasteiger partial charge is 0.494 e. The topological polar surface area (TPSA) is 125 Å². The Morgan fingerprint density at radius 1 is 1.03 bits per heavy atom. The molecular weight excluding hydrogens is 509 g/mol. The molecule has 196 valence electrons. The molecule has 0 spiro atoms.